The van der Waals surface area contributed by atoms with Crippen LogP contribution in [0.15, 0.2) is 53.1 Å². The summed E-state index contributed by atoms with van der Waals surface area (Å²) < 4.78 is 34.3. The Hall–Kier alpha value is -2.41. The van der Waals surface area contributed by atoms with Crippen molar-refractivity contribution in [1.82, 2.24) is 9.88 Å². The van der Waals surface area contributed by atoms with Crippen molar-refractivity contribution in [2.24, 2.45) is 4.40 Å². The molecule has 1 aromatic heterocycles. The number of nitrogens with zero attached hydrogens (tertiary/aromatic N) is 3. The van der Waals surface area contributed by atoms with E-state index in [9.17, 15) is 8.42 Å². The summed E-state index contributed by atoms with van der Waals surface area (Å²) in [6, 6.07) is 13.8. The quantitative estimate of drug-likeness (QED) is 0.814. The van der Waals surface area contributed by atoms with Gasteiger partial charge in [0.15, 0.2) is 0 Å². The Labute approximate surface area is 159 Å². The lowest BCUT2D eigenvalue weighted by atomic mass is 9.63. The Morgan fingerprint density at radius 1 is 1.07 bits per heavy atom. The van der Waals surface area contributed by atoms with Crippen LogP contribution in [-0.4, -0.2) is 42.5 Å². The number of ether oxygens (including phenoxy) is 1. The fourth-order valence-corrected chi connectivity index (χ4v) is 5.71. The van der Waals surface area contributed by atoms with Gasteiger partial charge in [0.2, 0.25) is 5.88 Å². The zero-order chi connectivity index (χ0) is 18.5. The van der Waals surface area contributed by atoms with Crippen molar-refractivity contribution in [2.75, 3.05) is 12.3 Å². The lowest BCUT2D eigenvalue weighted by Crippen LogP contribution is -2.62. The number of sulfonamides is 1. The SMILES string of the molecule is O=S1(=O)CCN2C(=N1)C1(c3ccc(Oc4ccccc4)nc3)CCC2CC1. The van der Waals surface area contributed by atoms with E-state index in [4.69, 9.17) is 4.74 Å². The number of hydrogen-bond acceptors (Lipinski definition) is 5. The topological polar surface area (TPSA) is 71.9 Å². The fraction of sp³-hybridized carbons (Fsp3) is 0.400. The molecule has 4 aliphatic rings. The Bertz CT molecular complexity index is 979. The molecular weight excluding hydrogens is 362 g/mol. The molecule has 2 aromatic rings. The maximum Gasteiger partial charge on any atom is 0.256 e. The molecule has 1 saturated carbocycles. The van der Waals surface area contributed by atoms with Gasteiger partial charge in [0, 0.05) is 24.8 Å². The van der Waals surface area contributed by atoms with Crippen molar-refractivity contribution in [3.8, 4) is 11.6 Å². The summed E-state index contributed by atoms with van der Waals surface area (Å²) in [5.74, 6) is 2.12. The van der Waals surface area contributed by atoms with Crippen molar-refractivity contribution in [3.05, 3.63) is 54.2 Å². The molecule has 6 nitrogen and oxygen atoms in total. The summed E-state index contributed by atoms with van der Waals surface area (Å²) in [6.07, 6.45) is 5.81. The first-order chi connectivity index (χ1) is 13.1. The molecule has 140 valence electrons. The Morgan fingerprint density at radius 2 is 1.85 bits per heavy atom. The number of hydrogen-bond donors (Lipinski definition) is 0. The molecule has 2 saturated heterocycles. The minimum atomic E-state index is -3.37. The number of pyridine rings is 1. The van der Waals surface area contributed by atoms with Gasteiger partial charge in [-0.2, -0.15) is 0 Å². The maximum absolute atomic E-state index is 12.2. The van der Waals surface area contributed by atoms with E-state index in [-0.39, 0.29) is 11.2 Å². The summed E-state index contributed by atoms with van der Waals surface area (Å²) in [7, 11) is -3.37. The highest BCUT2D eigenvalue weighted by Gasteiger charge is 2.52. The Kier molecular flexibility index (Phi) is 3.75. The van der Waals surface area contributed by atoms with Gasteiger partial charge >= 0.3 is 0 Å². The molecule has 27 heavy (non-hydrogen) atoms. The molecule has 0 unspecified atom stereocenters. The van der Waals surface area contributed by atoms with E-state index in [1.165, 1.54) is 0 Å². The second-order valence-electron chi connectivity index (χ2n) is 7.51. The van der Waals surface area contributed by atoms with Crippen LogP contribution < -0.4 is 4.74 Å². The van der Waals surface area contributed by atoms with Crippen molar-refractivity contribution < 1.29 is 13.2 Å². The summed E-state index contributed by atoms with van der Waals surface area (Å²) in [5, 5.41) is 0. The molecule has 2 bridgehead atoms. The monoisotopic (exact) mass is 383 g/mol. The molecule has 1 aliphatic carbocycles. The lowest BCUT2D eigenvalue weighted by Gasteiger charge is -2.55. The van der Waals surface area contributed by atoms with Crippen LogP contribution in [0.25, 0.3) is 0 Å². The van der Waals surface area contributed by atoms with E-state index in [0.29, 0.717) is 18.5 Å². The number of amidine groups is 1. The summed E-state index contributed by atoms with van der Waals surface area (Å²) in [5.41, 5.74) is 0.683. The van der Waals surface area contributed by atoms with Gasteiger partial charge in [-0.15, -0.1) is 4.40 Å². The number of benzene rings is 1. The van der Waals surface area contributed by atoms with Gasteiger partial charge in [0.1, 0.15) is 11.6 Å². The molecule has 0 amide bonds. The molecule has 3 fully saturated rings. The third kappa shape index (κ3) is 2.81. The minimum Gasteiger partial charge on any atom is -0.439 e. The summed E-state index contributed by atoms with van der Waals surface area (Å²) >= 11 is 0. The first-order valence-corrected chi connectivity index (χ1v) is 11.0. The highest BCUT2D eigenvalue weighted by atomic mass is 32.2. The third-order valence-corrected chi connectivity index (χ3v) is 7.17. The van der Waals surface area contributed by atoms with E-state index in [1.807, 2.05) is 48.7 Å². The van der Waals surface area contributed by atoms with Gasteiger partial charge in [-0.1, -0.05) is 24.3 Å². The maximum atomic E-state index is 12.2. The van der Waals surface area contributed by atoms with Crippen molar-refractivity contribution in [3.63, 3.8) is 0 Å². The third-order valence-electron chi connectivity index (χ3n) is 6.02. The van der Waals surface area contributed by atoms with Crippen molar-refractivity contribution in [1.29, 1.82) is 0 Å². The van der Waals surface area contributed by atoms with Crippen LogP contribution in [0.1, 0.15) is 31.2 Å². The van der Waals surface area contributed by atoms with Crippen LogP contribution in [0, 0.1) is 0 Å². The molecule has 0 radical (unpaired) electrons. The Balaban J connectivity index is 1.50. The predicted molar refractivity (Wildman–Crippen MR) is 103 cm³/mol. The Morgan fingerprint density at radius 3 is 2.56 bits per heavy atom. The second kappa shape index (κ2) is 6.05. The predicted octanol–water partition coefficient (Wildman–Crippen LogP) is 3.11. The molecule has 0 N–H and O–H groups in total. The molecule has 0 spiro atoms. The first kappa shape index (κ1) is 16.7. The fourth-order valence-electron chi connectivity index (χ4n) is 4.65. The molecule has 6 rings (SSSR count). The smallest absolute Gasteiger partial charge is 0.256 e. The standard InChI is InChI=1S/C20H21N3O3S/c24-27(25)13-12-23-16-8-10-20(11-9-16,19(23)22-27)15-6-7-18(21-14-15)26-17-4-2-1-3-5-17/h1-7,14,16H,8-13H2. The van der Waals surface area contributed by atoms with Gasteiger partial charge in [-0.25, -0.2) is 13.4 Å². The molecule has 1 aromatic carbocycles. The van der Waals surface area contributed by atoms with Gasteiger partial charge < -0.3 is 9.64 Å². The van der Waals surface area contributed by atoms with Crippen LogP contribution in [0.2, 0.25) is 0 Å². The number of para-hydroxylation sites is 1. The summed E-state index contributed by atoms with van der Waals surface area (Å²) in [4.78, 5) is 6.71. The van der Waals surface area contributed by atoms with Crippen molar-refractivity contribution >= 4 is 15.9 Å². The molecule has 4 heterocycles. The number of fused-ring (bicyclic) bond motifs is 2. The average Bonchev–Trinajstić information content (AvgIpc) is 2.69. The zero-order valence-electron chi connectivity index (χ0n) is 14.9. The van der Waals surface area contributed by atoms with Gasteiger partial charge in [0.25, 0.3) is 10.0 Å². The minimum absolute atomic E-state index is 0.116. The highest BCUT2D eigenvalue weighted by molar-refractivity contribution is 7.90. The van der Waals surface area contributed by atoms with E-state index in [2.05, 4.69) is 14.3 Å². The molecular formula is C20H21N3O3S. The van der Waals surface area contributed by atoms with E-state index in [0.717, 1.165) is 42.8 Å². The largest absolute Gasteiger partial charge is 0.439 e. The zero-order valence-corrected chi connectivity index (χ0v) is 15.7. The average molecular weight is 383 g/mol. The van der Waals surface area contributed by atoms with Crippen LogP contribution in [0.4, 0.5) is 0 Å². The van der Waals surface area contributed by atoms with Gasteiger partial charge in [-0.05, 0) is 43.4 Å². The molecule has 7 heteroatoms. The second-order valence-corrected chi connectivity index (χ2v) is 9.26. The van der Waals surface area contributed by atoms with E-state index < -0.39 is 10.0 Å². The number of piperidine rings is 2. The van der Waals surface area contributed by atoms with Gasteiger partial charge in [-0.3, -0.25) is 0 Å². The lowest BCUT2D eigenvalue weighted by molar-refractivity contribution is 0.151. The molecule has 0 atom stereocenters. The number of aromatic nitrogens is 1. The molecule has 3 aliphatic heterocycles. The normalized spacial score (nSPS) is 28.4. The van der Waals surface area contributed by atoms with Crippen LogP contribution in [0.5, 0.6) is 11.6 Å². The van der Waals surface area contributed by atoms with Crippen LogP contribution in [-0.2, 0) is 15.4 Å². The van der Waals surface area contributed by atoms with Crippen LogP contribution >= 0.6 is 0 Å². The number of rotatable bonds is 3. The van der Waals surface area contributed by atoms with Gasteiger partial charge in [0.05, 0.1) is 11.2 Å². The van der Waals surface area contributed by atoms with E-state index in [1.54, 1.807) is 0 Å². The van der Waals surface area contributed by atoms with Crippen molar-refractivity contribution in [2.45, 2.75) is 37.1 Å². The van der Waals surface area contributed by atoms with Crippen LogP contribution in [0.3, 0.4) is 0 Å². The van der Waals surface area contributed by atoms with E-state index >= 15 is 0 Å². The summed E-state index contributed by atoms with van der Waals surface area (Å²) in [6.45, 7) is 0.552. The highest BCUT2D eigenvalue weighted by Crippen LogP contribution is 2.49. The first-order valence-electron chi connectivity index (χ1n) is 9.35.